The lowest BCUT2D eigenvalue weighted by atomic mass is 9.90. The predicted octanol–water partition coefficient (Wildman–Crippen LogP) is 5.25. The number of halogens is 2. The lowest BCUT2D eigenvalue weighted by Gasteiger charge is -2.50. The van der Waals surface area contributed by atoms with Crippen LogP contribution in [0, 0.1) is 12.8 Å². The molecule has 2 saturated heterocycles. The average Bonchev–Trinajstić information content (AvgIpc) is 3.70. The summed E-state index contributed by atoms with van der Waals surface area (Å²) >= 11 is 0. The fraction of sp³-hybridized carbons (Fsp3) is 0.600. The van der Waals surface area contributed by atoms with Crippen LogP contribution in [-0.4, -0.2) is 78.5 Å². The third kappa shape index (κ3) is 5.30. The molecule has 1 unspecified atom stereocenters. The van der Waals surface area contributed by atoms with Crippen LogP contribution in [0.15, 0.2) is 30.6 Å². The van der Waals surface area contributed by atoms with E-state index in [1.54, 1.807) is 18.5 Å². The van der Waals surface area contributed by atoms with Gasteiger partial charge in [0.2, 0.25) is 0 Å². The highest BCUT2D eigenvalue weighted by molar-refractivity contribution is 5.87. The average molecular weight is 583 g/mol. The maximum absolute atomic E-state index is 12.7. The van der Waals surface area contributed by atoms with E-state index in [1.807, 2.05) is 23.5 Å². The lowest BCUT2D eigenvalue weighted by molar-refractivity contribution is -0.0498. The monoisotopic (exact) mass is 582 g/mol. The first kappa shape index (κ1) is 28.7. The van der Waals surface area contributed by atoms with Crippen molar-refractivity contribution in [2.24, 2.45) is 5.92 Å². The molecule has 0 amide bonds. The molecule has 2 fully saturated rings. The number of fused-ring (bicyclic) bond motifs is 3. The maximum atomic E-state index is 12.7. The molecular weight excluding hydrogens is 542 g/mol. The first-order valence-electron chi connectivity index (χ1n) is 15.0. The minimum atomic E-state index is -2.83. The van der Waals surface area contributed by atoms with E-state index < -0.39 is 6.61 Å². The second-order valence-electron chi connectivity index (χ2n) is 11.9. The summed E-state index contributed by atoms with van der Waals surface area (Å²) in [6.07, 6.45) is 4.94. The molecule has 10 nitrogen and oxygen atoms in total. The van der Waals surface area contributed by atoms with E-state index in [0.29, 0.717) is 11.7 Å². The van der Waals surface area contributed by atoms with Gasteiger partial charge in [0, 0.05) is 37.8 Å². The SMILES string of the molecule is CC[C@@H]1CN(c2nc3nncn3c3c2nc(C)n3CC2CCCO2)[C@@H](C)CN1[C@H](c1ccc(OC(F)F)cc1)C(C)C. The topological polar surface area (TPSA) is 85.8 Å². The van der Waals surface area contributed by atoms with Gasteiger partial charge in [-0.3, -0.25) is 4.90 Å². The molecule has 0 radical (unpaired) electrons. The second kappa shape index (κ2) is 11.7. The fourth-order valence-corrected chi connectivity index (χ4v) is 6.83. The van der Waals surface area contributed by atoms with Crippen molar-refractivity contribution < 1.29 is 18.3 Å². The molecule has 12 heteroatoms. The first-order chi connectivity index (χ1) is 20.2. The quantitative estimate of drug-likeness (QED) is 0.265. The standard InChI is InChI=1S/C30H40F2N8O2/c1-6-22-15-37(19(4)14-39(22)26(18(2)3)21-9-11-23(12-10-21)42-29(31)32)27-25-28(40-17-33-36-30(40)35-27)38(20(5)34-25)16-24-8-7-13-41-24/h9-12,17-19,22,24,26,29H,6-8,13-16H2,1-5H3/t19-,22+,24?,26-/m0/s1. The molecule has 0 saturated carbocycles. The molecule has 0 N–H and O–H groups in total. The van der Waals surface area contributed by atoms with Gasteiger partial charge in [-0.2, -0.15) is 13.8 Å². The molecule has 3 aromatic heterocycles. The van der Waals surface area contributed by atoms with Crippen molar-refractivity contribution >= 4 is 22.8 Å². The van der Waals surface area contributed by atoms with Gasteiger partial charge in [-0.25, -0.2) is 9.38 Å². The van der Waals surface area contributed by atoms with E-state index in [0.717, 1.165) is 73.9 Å². The number of piperazine rings is 1. The normalized spacial score (nSPS) is 22.7. The summed E-state index contributed by atoms with van der Waals surface area (Å²) < 4.78 is 40.2. The molecule has 226 valence electrons. The van der Waals surface area contributed by atoms with Gasteiger partial charge in [-0.05, 0) is 56.7 Å². The molecule has 0 aliphatic carbocycles. The summed E-state index contributed by atoms with van der Waals surface area (Å²) in [6, 6.07) is 7.62. The number of rotatable bonds is 9. The highest BCUT2D eigenvalue weighted by atomic mass is 19.3. The number of aromatic nitrogens is 6. The molecule has 2 aliphatic rings. The molecule has 0 spiro atoms. The molecule has 0 bridgehead atoms. The van der Waals surface area contributed by atoms with Crippen molar-refractivity contribution in [3.8, 4) is 5.75 Å². The molecule has 42 heavy (non-hydrogen) atoms. The summed E-state index contributed by atoms with van der Waals surface area (Å²) in [5.41, 5.74) is 2.89. The van der Waals surface area contributed by atoms with Gasteiger partial charge >= 0.3 is 6.61 Å². The van der Waals surface area contributed by atoms with Crippen LogP contribution >= 0.6 is 0 Å². The van der Waals surface area contributed by atoms with Gasteiger partial charge in [-0.15, -0.1) is 10.2 Å². The van der Waals surface area contributed by atoms with Gasteiger partial charge in [0.05, 0.1) is 12.6 Å². The van der Waals surface area contributed by atoms with E-state index in [4.69, 9.17) is 14.7 Å². The lowest BCUT2D eigenvalue weighted by Crippen LogP contribution is -2.59. The molecular formula is C30H40F2N8O2. The van der Waals surface area contributed by atoms with Crippen molar-refractivity contribution in [2.75, 3.05) is 24.6 Å². The second-order valence-corrected chi connectivity index (χ2v) is 11.9. The third-order valence-electron chi connectivity index (χ3n) is 8.78. The summed E-state index contributed by atoms with van der Waals surface area (Å²) in [5.74, 6) is 2.80. The number of anilines is 1. The Morgan fingerprint density at radius 3 is 2.57 bits per heavy atom. The molecule has 6 rings (SSSR count). The van der Waals surface area contributed by atoms with Gasteiger partial charge in [-0.1, -0.05) is 32.9 Å². The Bertz CT molecular complexity index is 1520. The largest absolute Gasteiger partial charge is 0.435 e. The number of ether oxygens (including phenoxy) is 2. The first-order valence-corrected chi connectivity index (χ1v) is 15.0. The molecule has 4 atom stereocenters. The van der Waals surface area contributed by atoms with Crippen molar-refractivity contribution in [3.05, 3.63) is 42.0 Å². The highest BCUT2D eigenvalue weighted by Gasteiger charge is 2.38. The number of benzene rings is 1. The van der Waals surface area contributed by atoms with Crippen LogP contribution in [0.1, 0.15) is 64.4 Å². The Hall–Kier alpha value is -3.38. The van der Waals surface area contributed by atoms with Crippen LogP contribution in [0.2, 0.25) is 0 Å². The third-order valence-corrected chi connectivity index (χ3v) is 8.78. The summed E-state index contributed by atoms with van der Waals surface area (Å²) in [7, 11) is 0. The maximum Gasteiger partial charge on any atom is 0.387 e. The van der Waals surface area contributed by atoms with Crippen LogP contribution in [0.3, 0.4) is 0 Å². The van der Waals surface area contributed by atoms with E-state index in [-0.39, 0.29) is 30.0 Å². The zero-order valence-corrected chi connectivity index (χ0v) is 25.0. The van der Waals surface area contributed by atoms with Crippen LogP contribution in [0.4, 0.5) is 14.6 Å². The number of hydrogen-bond donors (Lipinski definition) is 0. The van der Waals surface area contributed by atoms with Crippen molar-refractivity contribution in [1.82, 2.24) is 34.0 Å². The highest BCUT2D eigenvalue weighted by Crippen LogP contribution is 2.37. The molecule has 1 aromatic carbocycles. The number of alkyl halides is 2. The van der Waals surface area contributed by atoms with Crippen LogP contribution < -0.4 is 9.64 Å². The predicted molar refractivity (Wildman–Crippen MR) is 156 cm³/mol. The zero-order valence-electron chi connectivity index (χ0n) is 25.0. The number of nitrogens with zero attached hydrogens (tertiary/aromatic N) is 8. The Morgan fingerprint density at radius 2 is 1.90 bits per heavy atom. The minimum Gasteiger partial charge on any atom is -0.435 e. The van der Waals surface area contributed by atoms with Crippen molar-refractivity contribution in [1.29, 1.82) is 0 Å². The van der Waals surface area contributed by atoms with Crippen LogP contribution in [0.25, 0.3) is 16.9 Å². The van der Waals surface area contributed by atoms with Gasteiger partial charge < -0.3 is 18.9 Å². The van der Waals surface area contributed by atoms with E-state index in [9.17, 15) is 8.78 Å². The van der Waals surface area contributed by atoms with Gasteiger partial charge in [0.1, 0.15) is 23.4 Å². The van der Waals surface area contributed by atoms with Gasteiger partial charge in [0.25, 0.3) is 5.78 Å². The molecule has 2 aliphatic heterocycles. The van der Waals surface area contributed by atoms with Crippen molar-refractivity contribution in [2.45, 2.75) is 91.3 Å². The van der Waals surface area contributed by atoms with Gasteiger partial charge in [0.15, 0.2) is 11.5 Å². The summed E-state index contributed by atoms with van der Waals surface area (Å²) in [5, 5.41) is 8.52. The summed E-state index contributed by atoms with van der Waals surface area (Å²) in [6.45, 7) is 11.2. The fourth-order valence-electron chi connectivity index (χ4n) is 6.83. The van der Waals surface area contributed by atoms with E-state index in [1.165, 1.54) is 0 Å². The van der Waals surface area contributed by atoms with E-state index in [2.05, 4.69) is 57.0 Å². The van der Waals surface area contributed by atoms with Crippen LogP contribution in [0.5, 0.6) is 5.75 Å². The Balaban J connectivity index is 1.34. The Labute approximate surface area is 244 Å². The zero-order chi connectivity index (χ0) is 29.5. The number of aryl methyl sites for hydroxylation is 1. The number of imidazole rings is 1. The minimum absolute atomic E-state index is 0.125. The Kier molecular flexibility index (Phi) is 8.01. The summed E-state index contributed by atoms with van der Waals surface area (Å²) in [4.78, 5) is 15.0. The Morgan fingerprint density at radius 1 is 1.12 bits per heavy atom. The van der Waals surface area contributed by atoms with Crippen LogP contribution in [-0.2, 0) is 11.3 Å². The van der Waals surface area contributed by atoms with Crippen molar-refractivity contribution in [3.63, 3.8) is 0 Å². The smallest absolute Gasteiger partial charge is 0.387 e. The number of hydrogen-bond acceptors (Lipinski definition) is 8. The molecule has 5 heterocycles. The van der Waals surface area contributed by atoms with E-state index >= 15 is 0 Å². The molecule has 4 aromatic rings.